The lowest BCUT2D eigenvalue weighted by Gasteiger charge is -2.17. The fourth-order valence-corrected chi connectivity index (χ4v) is 3.79. The maximum Gasteiger partial charge on any atom is 0.257 e. The highest BCUT2D eigenvalue weighted by atomic mass is 16.2. The van der Waals surface area contributed by atoms with Crippen molar-refractivity contribution in [2.45, 2.75) is 19.8 Å². The summed E-state index contributed by atoms with van der Waals surface area (Å²) in [5.41, 5.74) is 3.44. The lowest BCUT2D eigenvalue weighted by molar-refractivity contribution is -0.122. The van der Waals surface area contributed by atoms with Gasteiger partial charge in [0.05, 0.1) is 17.2 Å². The summed E-state index contributed by atoms with van der Waals surface area (Å²) in [5.74, 6) is -1.15. The van der Waals surface area contributed by atoms with Crippen molar-refractivity contribution in [3.05, 3.63) is 90.0 Å². The quantitative estimate of drug-likeness (QED) is 0.608. The van der Waals surface area contributed by atoms with E-state index in [1.807, 2.05) is 42.5 Å². The van der Waals surface area contributed by atoms with Crippen molar-refractivity contribution in [1.29, 1.82) is 0 Å². The molecule has 0 bridgehead atoms. The highest BCUT2D eigenvalue weighted by Crippen LogP contribution is 2.27. The fourth-order valence-electron chi connectivity index (χ4n) is 3.79. The van der Waals surface area contributed by atoms with Crippen LogP contribution < -0.4 is 15.5 Å². The van der Waals surface area contributed by atoms with Crippen LogP contribution in [0.5, 0.6) is 0 Å². The van der Waals surface area contributed by atoms with E-state index in [0.717, 1.165) is 12.1 Å². The zero-order chi connectivity index (χ0) is 22.5. The smallest absolute Gasteiger partial charge is 0.257 e. The molecule has 2 N–H and O–H groups in total. The van der Waals surface area contributed by atoms with Gasteiger partial charge in [0.1, 0.15) is 0 Å². The Labute approximate surface area is 187 Å². The van der Waals surface area contributed by atoms with E-state index in [1.165, 1.54) is 5.56 Å². The molecule has 3 aromatic carbocycles. The van der Waals surface area contributed by atoms with Crippen molar-refractivity contribution in [1.82, 2.24) is 0 Å². The minimum atomic E-state index is -0.487. The topological polar surface area (TPSA) is 78.5 Å². The molecule has 3 aromatic rings. The van der Waals surface area contributed by atoms with Crippen LogP contribution in [0.15, 0.2) is 78.9 Å². The summed E-state index contributed by atoms with van der Waals surface area (Å²) in [6, 6.07) is 23.8. The molecule has 1 aliphatic heterocycles. The number of aryl methyl sites for hydroxylation is 1. The van der Waals surface area contributed by atoms with Crippen LogP contribution in [0.3, 0.4) is 0 Å². The Morgan fingerprint density at radius 3 is 2.31 bits per heavy atom. The van der Waals surface area contributed by atoms with Gasteiger partial charge in [0.2, 0.25) is 11.8 Å². The van der Waals surface area contributed by atoms with Crippen molar-refractivity contribution >= 4 is 34.8 Å². The zero-order valence-corrected chi connectivity index (χ0v) is 17.9. The summed E-state index contributed by atoms with van der Waals surface area (Å²) in [4.78, 5) is 39.9. The molecule has 1 aliphatic rings. The predicted octanol–water partition coefficient (Wildman–Crippen LogP) is 4.49. The van der Waals surface area contributed by atoms with E-state index in [2.05, 4.69) is 17.6 Å². The molecule has 32 heavy (non-hydrogen) atoms. The standard InChI is InChI=1S/C26H25N3O3/c1-2-18-12-14-21(15-13-18)29-17-19(16-24(29)30)25(31)28-23-11-7-6-10-22(23)26(32)27-20-8-4-3-5-9-20/h3-15,19H,2,16-17H2,1H3,(H,27,32)(H,28,31). The maximum atomic E-state index is 12.9. The van der Waals surface area contributed by atoms with Crippen LogP contribution in [0, 0.1) is 5.92 Å². The first-order valence-electron chi connectivity index (χ1n) is 10.7. The average Bonchev–Trinajstić information content (AvgIpc) is 3.22. The molecule has 1 unspecified atom stereocenters. The normalized spacial score (nSPS) is 15.5. The summed E-state index contributed by atoms with van der Waals surface area (Å²) in [6.07, 6.45) is 1.07. The minimum Gasteiger partial charge on any atom is -0.325 e. The highest BCUT2D eigenvalue weighted by molar-refractivity contribution is 6.11. The van der Waals surface area contributed by atoms with Crippen LogP contribution in [-0.4, -0.2) is 24.3 Å². The van der Waals surface area contributed by atoms with Gasteiger partial charge < -0.3 is 15.5 Å². The van der Waals surface area contributed by atoms with Gasteiger partial charge in [-0.3, -0.25) is 14.4 Å². The van der Waals surface area contributed by atoms with Crippen LogP contribution in [0.4, 0.5) is 17.1 Å². The van der Waals surface area contributed by atoms with Gasteiger partial charge in [0, 0.05) is 24.3 Å². The number of hydrogen-bond donors (Lipinski definition) is 2. The third kappa shape index (κ3) is 4.70. The minimum absolute atomic E-state index is 0.0792. The largest absolute Gasteiger partial charge is 0.325 e. The number of rotatable bonds is 6. The number of anilines is 3. The van der Waals surface area contributed by atoms with Gasteiger partial charge in [-0.05, 0) is 48.4 Å². The molecule has 0 aliphatic carbocycles. The van der Waals surface area contributed by atoms with Gasteiger partial charge in [-0.1, -0.05) is 49.4 Å². The molecule has 6 heteroatoms. The van der Waals surface area contributed by atoms with Crippen molar-refractivity contribution in [2.24, 2.45) is 5.92 Å². The molecule has 1 fully saturated rings. The summed E-state index contributed by atoms with van der Waals surface area (Å²) >= 11 is 0. The van der Waals surface area contributed by atoms with Gasteiger partial charge >= 0.3 is 0 Å². The van der Waals surface area contributed by atoms with Crippen LogP contribution in [0.2, 0.25) is 0 Å². The van der Waals surface area contributed by atoms with Gasteiger partial charge in [0.15, 0.2) is 0 Å². The molecular formula is C26H25N3O3. The number of nitrogens with zero attached hydrogens (tertiary/aromatic N) is 1. The van der Waals surface area contributed by atoms with Crippen molar-refractivity contribution in [3.63, 3.8) is 0 Å². The molecule has 162 valence electrons. The lowest BCUT2D eigenvalue weighted by Crippen LogP contribution is -2.28. The van der Waals surface area contributed by atoms with Gasteiger partial charge in [-0.25, -0.2) is 0 Å². The second-order valence-corrected chi connectivity index (χ2v) is 7.78. The lowest BCUT2D eigenvalue weighted by atomic mass is 10.1. The molecule has 1 saturated heterocycles. The number of carbonyl (C=O) groups is 3. The van der Waals surface area contributed by atoms with Gasteiger partial charge in [-0.2, -0.15) is 0 Å². The van der Waals surface area contributed by atoms with E-state index in [1.54, 1.807) is 41.3 Å². The summed E-state index contributed by atoms with van der Waals surface area (Å²) < 4.78 is 0. The third-order valence-electron chi connectivity index (χ3n) is 5.61. The van der Waals surface area contributed by atoms with Crippen LogP contribution in [-0.2, 0) is 16.0 Å². The Hall–Kier alpha value is -3.93. The fraction of sp³-hybridized carbons (Fsp3) is 0.192. The summed E-state index contributed by atoms with van der Waals surface area (Å²) in [7, 11) is 0. The van der Waals surface area contributed by atoms with Crippen molar-refractivity contribution < 1.29 is 14.4 Å². The zero-order valence-electron chi connectivity index (χ0n) is 17.9. The van der Waals surface area contributed by atoms with E-state index in [4.69, 9.17) is 0 Å². The first kappa shape index (κ1) is 21.3. The van der Waals surface area contributed by atoms with E-state index >= 15 is 0 Å². The van der Waals surface area contributed by atoms with E-state index in [9.17, 15) is 14.4 Å². The Bertz CT molecular complexity index is 1130. The molecule has 0 spiro atoms. The molecule has 3 amide bonds. The van der Waals surface area contributed by atoms with Crippen molar-refractivity contribution in [3.8, 4) is 0 Å². The second kappa shape index (κ2) is 9.47. The highest BCUT2D eigenvalue weighted by Gasteiger charge is 2.35. The molecule has 0 radical (unpaired) electrons. The molecular weight excluding hydrogens is 402 g/mol. The molecule has 0 saturated carbocycles. The number of hydrogen-bond acceptors (Lipinski definition) is 3. The molecule has 6 nitrogen and oxygen atoms in total. The van der Waals surface area contributed by atoms with Gasteiger partial charge in [0.25, 0.3) is 5.91 Å². The Kier molecular flexibility index (Phi) is 6.31. The van der Waals surface area contributed by atoms with E-state index in [0.29, 0.717) is 23.5 Å². The number of nitrogens with one attached hydrogen (secondary N) is 2. The molecule has 1 heterocycles. The van der Waals surface area contributed by atoms with E-state index in [-0.39, 0.29) is 24.1 Å². The molecule has 4 rings (SSSR count). The monoisotopic (exact) mass is 427 g/mol. The second-order valence-electron chi connectivity index (χ2n) is 7.78. The number of para-hydroxylation sites is 2. The molecule has 0 aromatic heterocycles. The predicted molar refractivity (Wildman–Crippen MR) is 126 cm³/mol. The average molecular weight is 428 g/mol. The third-order valence-corrected chi connectivity index (χ3v) is 5.61. The Morgan fingerprint density at radius 2 is 1.59 bits per heavy atom. The summed E-state index contributed by atoms with van der Waals surface area (Å²) in [6.45, 7) is 2.39. The summed E-state index contributed by atoms with van der Waals surface area (Å²) in [5, 5.41) is 5.69. The van der Waals surface area contributed by atoms with E-state index < -0.39 is 5.92 Å². The number of benzene rings is 3. The van der Waals surface area contributed by atoms with Crippen LogP contribution in [0.1, 0.15) is 29.3 Å². The Morgan fingerprint density at radius 1 is 0.906 bits per heavy atom. The van der Waals surface area contributed by atoms with Crippen LogP contribution in [0.25, 0.3) is 0 Å². The molecule has 1 atom stereocenters. The SMILES string of the molecule is CCc1ccc(N2CC(C(=O)Nc3ccccc3C(=O)Nc3ccccc3)CC2=O)cc1. The first-order valence-corrected chi connectivity index (χ1v) is 10.7. The van der Waals surface area contributed by atoms with Crippen LogP contribution >= 0.6 is 0 Å². The maximum absolute atomic E-state index is 12.9. The number of amides is 3. The number of carbonyl (C=O) groups excluding carboxylic acids is 3. The van der Waals surface area contributed by atoms with Gasteiger partial charge in [-0.15, -0.1) is 0 Å². The Balaban J connectivity index is 1.45. The first-order chi connectivity index (χ1) is 15.5. The van der Waals surface area contributed by atoms with Crippen molar-refractivity contribution in [2.75, 3.05) is 22.1 Å².